The summed E-state index contributed by atoms with van der Waals surface area (Å²) in [6, 6.07) is 0.799. The van der Waals surface area contributed by atoms with Crippen molar-refractivity contribution in [2.24, 2.45) is 0 Å². The van der Waals surface area contributed by atoms with Gasteiger partial charge in [-0.15, -0.1) is 0 Å². The first-order valence-electron chi connectivity index (χ1n) is 5.83. The van der Waals surface area contributed by atoms with Crippen LogP contribution in [0, 0.1) is 0 Å². The molecule has 1 rings (SSSR count). The van der Waals surface area contributed by atoms with Crippen molar-refractivity contribution in [1.29, 1.82) is 0 Å². The first kappa shape index (κ1) is 12.4. The molecule has 14 heavy (non-hydrogen) atoms. The van der Waals surface area contributed by atoms with Gasteiger partial charge < -0.3 is 0 Å². The molecule has 0 saturated heterocycles. The van der Waals surface area contributed by atoms with E-state index in [1.165, 1.54) is 32.1 Å². The Hall–Kier alpha value is 0.310. The second kappa shape index (κ2) is 4.44. The molecule has 0 atom stereocenters. The zero-order chi connectivity index (χ0) is 10.8. The van der Waals surface area contributed by atoms with E-state index in [1.807, 2.05) is 0 Å². The molecular formula is C12H27NS. The summed E-state index contributed by atoms with van der Waals surface area (Å²) < 4.78 is 4.34. The number of nitrogens with one attached hydrogen (secondary N) is 1. The lowest BCUT2D eigenvalue weighted by molar-refractivity contribution is 0.419. The van der Waals surface area contributed by atoms with Crippen LogP contribution in [0.2, 0.25) is 0 Å². The van der Waals surface area contributed by atoms with E-state index in [9.17, 15) is 0 Å². The summed E-state index contributed by atoms with van der Waals surface area (Å²) in [7, 11) is -0.647. The molecule has 1 aliphatic carbocycles. The number of hydrogen-bond acceptors (Lipinski definition) is 1. The molecule has 0 amide bonds. The van der Waals surface area contributed by atoms with Crippen LogP contribution in [0.15, 0.2) is 0 Å². The summed E-state index contributed by atoms with van der Waals surface area (Å²) in [4.78, 5) is 0. The molecule has 0 aromatic carbocycles. The van der Waals surface area contributed by atoms with Gasteiger partial charge in [0.25, 0.3) is 0 Å². The fourth-order valence-corrected chi connectivity index (χ4v) is 3.24. The molecule has 0 heterocycles. The van der Waals surface area contributed by atoms with Gasteiger partial charge in [-0.05, 0) is 25.4 Å². The molecule has 0 bridgehead atoms. The fourth-order valence-electron chi connectivity index (χ4n) is 1.81. The minimum Gasteiger partial charge on any atom is -0.278 e. The van der Waals surface area contributed by atoms with Crippen LogP contribution in [0.3, 0.4) is 0 Å². The van der Waals surface area contributed by atoms with Crippen molar-refractivity contribution in [2.45, 2.75) is 63.7 Å². The van der Waals surface area contributed by atoms with Gasteiger partial charge in [-0.25, -0.2) is 0 Å². The van der Waals surface area contributed by atoms with E-state index in [0.29, 0.717) is 4.75 Å². The molecule has 2 heteroatoms. The quantitative estimate of drug-likeness (QED) is 0.744. The van der Waals surface area contributed by atoms with Crippen LogP contribution in [0.4, 0.5) is 0 Å². The average Bonchev–Trinajstić information content (AvgIpc) is 2.03. The standard InChI is InChI=1S/C12H27NS/c1-12(2,3)14(4,5)13-11-9-7-6-8-10-11/h11,13H,6-10H2,1-5H3. The normalized spacial score (nSPS) is 22.4. The average molecular weight is 217 g/mol. The van der Waals surface area contributed by atoms with Gasteiger partial charge in [0.1, 0.15) is 0 Å². The maximum Gasteiger partial charge on any atom is 0.0157 e. The van der Waals surface area contributed by atoms with E-state index in [4.69, 9.17) is 0 Å². The zero-order valence-corrected chi connectivity index (χ0v) is 11.3. The first-order chi connectivity index (χ1) is 6.33. The van der Waals surface area contributed by atoms with Gasteiger partial charge in [0, 0.05) is 10.8 Å². The molecule has 86 valence electrons. The maximum absolute atomic E-state index is 3.92. The Morgan fingerprint density at radius 1 is 1.00 bits per heavy atom. The number of hydrogen-bond donors (Lipinski definition) is 1. The summed E-state index contributed by atoms with van der Waals surface area (Å²) in [5, 5.41) is 0. The third kappa shape index (κ3) is 3.16. The Bertz CT molecular complexity index is 175. The highest BCUT2D eigenvalue weighted by atomic mass is 32.3. The van der Waals surface area contributed by atoms with Crippen molar-refractivity contribution < 1.29 is 0 Å². The van der Waals surface area contributed by atoms with Crippen LogP contribution < -0.4 is 4.72 Å². The minimum absolute atomic E-state index is 0.421. The van der Waals surface area contributed by atoms with Crippen molar-refractivity contribution >= 4 is 10.2 Å². The van der Waals surface area contributed by atoms with Crippen molar-refractivity contribution in [1.82, 2.24) is 4.72 Å². The molecule has 1 saturated carbocycles. The highest BCUT2D eigenvalue weighted by Gasteiger charge is 2.30. The summed E-state index contributed by atoms with van der Waals surface area (Å²) in [5.74, 6) is 0. The topological polar surface area (TPSA) is 12.0 Å². The van der Waals surface area contributed by atoms with Crippen LogP contribution in [-0.4, -0.2) is 23.3 Å². The Morgan fingerprint density at radius 3 is 1.93 bits per heavy atom. The molecule has 0 aliphatic heterocycles. The van der Waals surface area contributed by atoms with Gasteiger partial charge in [0.2, 0.25) is 0 Å². The Balaban J connectivity index is 2.49. The van der Waals surface area contributed by atoms with Crippen LogP contribution in [0.25, 0.3) is 0 Å². The second-order valence-corrected chi connectivity index (χ2v) is 10.0. The predicted octanol–water partition coefficient (Wildman–Crippen LogP) is 3.69. The molecule has 0 unspecified atom stereocenters. The van der Waals surface area contributed by atoms with Crippen LogP contribution in [0.5, 0.6) is 0 Å². The second-order valence-electron chi connectivity index (χ2n) is 5.89. The van der Waals surface area contributed by atoms with Crippen LogP contribution in [0.1, 0.15) is 52.9 Å². The molecule has 0 aromatic heterocycles. The lowest BCUT2D eigenvalue weighted by Crippen LogP contribution is -2.40. The summed E-state index contributed by atoms with van der Waals surface area (Å²) in [6.45, 7) is 7.08. The lowest BCUT2D eigenvalue weighted by Gasteiger charge is -2.48. The summed E-state index contributed by atoms with van der Waals surface area (Å²) >= 11 is 0. The molecule has 1 fully saturated rings. The molecular weight excluding hydrogens is 190 g/mol. The van der Waals surface area contributed by atoms with Crippen molar-refractivity contribution in [3.8, 4) is 0 Å². The Labute approximate surface area is 91.5 Å². The zero-order valence-electron chi connectivity index (χ0n) is 10.5. The highest BCUT2D eigenvalue weighted by Crippen LogP contribution is 2.50. The SMILES string of the molecule is CC(C)(C)S(C)(C)NC1CCCCC1. The highest BCUT2D eigenvalue weighted by molar-refractivity contribution is 8.32. The van der Waals surface area contributed by atoms with E-state index in [2.05, 4.69) is 38.0 Å². The Kier molecular flexibility index (Phi) is 3.93. The summed E-state index contributed by atoms with van der Waals surface area (Å²) in [6.07, 6.45) is 11.9. The molecule has 1 N–H and O–H groups in total. The molecule has 0 radical (unpaired) electrons. The van der Waals surface area contributed by atoms with Gasteiger partial charge in [-0.2, -0.15) is 10.2 Å². The van der Waals surface area contributed by atoms with Crippen LogP contribution >= 0.6 is 10.2 Å². The largest absolute Gasteiger partial charge is 0.278 e. The smallest absolute Gasteiger partial charge is 0.0157 e. The third-order valence-corrected chi connectivity index (χ3v) is 7.58. The third-order valence-electron chi connectivity index (χ3n) is 3.60. The van der Waals surface area contributed by atoms with Gasteiger partial charge in [-0.3, -0.25) is 4.72 Å². The van der Waals surface area contributed by atoms with Crippen molar-refractivity contribution in [3.63, 3.8) is 0 Å². The van der Waals surface area contributed by atoms with Gasteiger partial charge >= 0.3 is 0 Å². The molecule has 1 aliphatic rings. The monoisotopic (exact) mass is 217 g/mol. The molecule has 0 spiro atoms. The number of rotatable bonds is 2. The van der Waals surface area contributed by atoms with Gasteiger partial charge in [-0.1, -0.05) is 40.0 Å². The van der Waals surface area contributed by atoms with E-state index in [1.54, 1.807) is 0 Å². The fraction of sp³-hybridized carbons (Fsp3) is 1.00. The van der Waals surface area contributed by atoms with E-state index >= 15 is 0 Å². The van der Waals surface area contributed by atoms with Crippen LogP contribution in [-0.2, 0) is 0 Å². The predicted molar refractivity (Wildman–Crippen MR) is 69.2 cm³/mol. The Morgan fingerprint density at radius 2 is 1.50 bits per heavy atom. The molecule has 1 nitrogen and oxygen atoms in total. The minimum atomic E-state index is -0.647. The molecule has 0 aromatic rings. The van der Waals surface area contributed by atoms with E-state index in [-0.39, 0.29) is 0 Å². The van der Waals surface area contributed by atoms with E-state index < -0.39 is 10.2 Å². The van der Waals surface area contributed by atoms with E-state index in [0.717, 1.165) is 6.04 Å². The first-order valence-corrected chi connectivity index (χ1v) is 8.28. The summed E-state index contributed by atoms with van der Waals surface area (Å²) in [5.41, 5.74) is 0. The van der Waals surface area contributed by atoms with Gasteiger partial charge in [0.05, 0.1) is 0 Å². The lowest BCUT2D eigenvalue weighted by atomic mass is 9.96. The van der Waals surface area contributed by atoms with Gasteiger partial charge in [0.15, 0.2) is 0 Å². The maximum atomic E-state index is 3.92. The van der Waals surface area contributed by atoms with Crippen molar-refractivity contribution in [3.05, 3.63) is 0 Å². The van der Waals surface area contributed by atoms with Crippen molar-refractivity contribution in [2.75, 3.05) is 12.5 Å².